The Morgan fingerprint density at radius 2 is 1.90 bits per heavy atom. The van der Waals surface area contributed by atoms with Crippen molar-refractivity contribution in [3.05, 3.63) is 18.2 Å². The van der Waals surface area contributed by atoms with Gasteiger partial charge in [-0.3, -0.25) is 5.84 Å². The van der Waals surface area contributed by atoms with E-state index in [-0.39, 0.29) is 0 Å². The highest BCUT2D eigenvalue weighted by Crippen LogP contribution is 2.19. The maximum atomic E-state index is 5.51. The van der Waals surface area contributed by atoms with Gasteiger partial charge in [-0.25, -0.2) is 0 Å². The van der Waals surface area contributed by atoms with Gasteiger partial charge in [-0.1, -0.05) is 0 Å². The second-order valence-electron chi connectivity index (χ2n) is 1.99. The van der Waals surface area contributed by atoms with Crippen LogP contribution in [0, 0.1) is 0 Å². The molecule has 10 heavy (non-hydrogen) atoms. The Morgan fingerprint density at radius 1 is 1.20 bits per heavy atom. The number of hydrogen-bond donors (Lipinski definition) is 4. The minimum Gasteiger partial charge on any atom is -0.399 e. The summed E-state index contributed by atoms with van der Waals surface area (Å²) in [4.78, 5) is 0. The van der Waals surface area contributed by atoms with Crippen LogP contribution in [0.25, 0.3) is 0 Å². The lowest BCUT2D eigenvalue weighted by Gasteiger charge is -2.03. The summed E-state index contributed by atoms with van der Waals surface area (Å²) in [7, 11) is 0. The summed E-state index contributed by atoms with van der Waals surface area (Å²) in [6.45, 7) is 0. The predicted octanol–water partition coefficient (Wildman–Crippen LogP) is 0.137. The first-order valence-corrected chi connectivity index (χ1v) is 2.85. The Hall–Kier alpha value is -1.42. The second-order valence-corrected chi connectivity index (χ2v) is 1.99. The van der Waals surface area contributed by atoms with Gasteiger partial charge >= 0.3 is 0 Å². The van der Waals surface area contributed by atoms with Crippen molar-refractivity contribution in [1.82, 2.24) is 0 Å². The number of hydrogen-bond acceptors (Lipinski definition) is 4. The zero-order valence-corrected chi connectivity index (χ0v) is 5.46. The Bertz CT molecular complexity index is 233. The lowest BCUT2D eigenvalue weighted by molar-refractivity contribution is 1.35. The summed E-state index contributed by atoms with van der Waals surface area (Å²) in [5.41, 5.74) is 15.3. The van der Waals surface area contributed by atoms with Crippen molar-refractivity contribution in [1.29, 1.82) is 0 Å². The summed E-state index contributed by atoms with van der Waals surface area (Å²) in [6.07, 6.45) is 0. The standard InChI is InChI=1S/C6H10N4/c7-4-1-2-6(10-9)5(8)3-4/h1-3,10H,7-9H2. The van der Waals surface area contributed by atoms with Crippen LogP contribution in [-0.2, 0) is 0 Å². The van der Waals surface area contributed by atoms with E-state index >= 15 is 0 Å². The average Bonchev–Trinajstić information content (AvgIpc) is 1.88. The number of anilines is 3. The topological polar surface area (TPSA) is 90.1 Å². The van der Waals surface area contributed by atoms with E-state index in [0.29, 0.717) is 17.1 Å². The first-order chi connectivity index (χ1) is 4.74. The van der Waals surface area contributed by atoms with Crippen LogP contribution in [0.4, 0.5) is 17.1 Å². The molecule has 0 radical (unpaired) electrons. The van der Waals surface area contributed by atoms with Crippen LogP contribution in [0.5, 0.6) is 0 Å². The van der Waals surface area contributed by atoms with Gasteiger partial charge in [-0.2, -0.15) is 0 Å². The Morgan fingerprint density at radius 3 is 2.40 bits per heavy atom. The van der Waals surface area contributed by atoms with Gasteiger partial charge in [0.2, 0.25) is 0 Å². The second kappa shape index (κ2) is 2.45. The zero-order valence-electron chi connectivity index (χ0n) is 5.46. The molecule has 0 aromatic heterocycles. The van der Waals surface area contributed by atoms with E-state index in [9.17, 15) is 0 Å². The van der Waals surface area contributed by atoms with Crippen LogP contribution in [0.1, 0.15) is 0 Å². The van der Waals surface area contributed by atoms with E-state index in [1.54, 1.807) is 18.2 Å². The summed E-state index contributed by atoms with van der Waals surface area (Å²) >= 11 is 0. The van der Waals surface area contributed by atoms with E-state index in [1.165, 1.54) is 0 Å². The molecule has 4 nitrogen and oxygen atoms in total. The summed E-state index contributed by atoms with van der Waals surface area (Å²) in [6, 6.07) is 5.10. The van der Waals surface area contributed by atoms with E-state index in [4.69, 9.17) is 17.3 Å². The van der Waals surface area contributed by atoms with Gasteiger partial charge in [0.25, 0.3) is 0 Å². The van der Waals surface area contributed by atoms with E-state index in [0.717, 1.165) is 0 Å². The van der Waals surface area contributed by atoms with Crippen molar-refractivity contribution in [2.45, 2.75) is 0 Å². The molecule has 0 amide bonds. The van der Waals surface area contributed by atoms with Crippen LogP contribution < -0.4 is 22.7 Å². The molecule has 0 spiro atoms. The van der Waals surface area contributed by atoms with Crippen LogP contribution in [0.2, 0.25) is 0 Å². The third kappa shape index (κ3) is 1.11. The molecular weight excluding hydrogens is 128 g/mol. The number of nitrogen functional groups attached to an aromatic ring is 3. The largest absolute Gasteiger partial charge is 0.399 e. The monoisotopic (exact) mass is 138 g/mol. The van der Waals surface area contributed by atoms with Crippen molar-refractivity contribution >= 4 is 17.1 Å². The molecule has 0 aliphatic carbocycles. The maximum absolute atomic E-state index is 5.51. The molecule has 1 aromatic rings. The minimum absolute atomic E-state index is 0.558. The van der Waals surface area contributed by atoms with E-state index in [2.05, 4.69) is 5.43 Å². The van der Waals surface area contributed by atoms with Crippen LogP contribution in [-0.4, -0.2) is 0 Å². The Balaban J connectivity index is 3.07. The Labute approximate surface area is 59.0 Å². The molecule has 1 rings (SSSR count). The number of nitrogens with two attached hydrogens (primary N) is 3. The predicted molar refractivity (Wildman–Crippen MR) is 43.1 cm³/mol. The lowest BCUT2D eigenvalue weighted by atomic mass is 10.2. The smallest absolute Gasteiger partial charge is 0.0717 e. The first kappa shape index (κ1) is 6.70. The quantitative estimate of drug-likeness (QED) is 0.252. The summed E-state index contributed by atoms with van der Waals surface area (Å²) < 4.78 is 0. The number of nitrogens with one attached hydrogen (secondary N) is 1. The number of benzene rings is 1. The van der Waals surface area contributed by atoms with Gasteiger partial charge in [0.15, 0.2) is 0 Å². The Kier molecular flexibility index (Phi) is 1.64. The average molecular weight is 138 g/mol. The van der Waals surface area contributed by atoms with Gasteiger partial charge in [0, 0.05) is 5.69 Å². The molecule has 54 valence electrons. The molecule has 0 saturated carbocycles. The summed E-state index contributed by atoms with van der Waals surface area (Å²) in [5, 5.41) is 0. The third-order valence-electron chi connectivity index (χ3n) is 1.23. The molecule has 0 heterocycles. The van der Waals surface area contributed by atoms with Crippen molar-refractivity contribution in [2.24, 2.45) is 5.84 Å². The van der Waals surface area contributed by atoms with Crippen LogP contribution in [0.3, 0.4) is 0 Å². The minimum atomic E-state index is 0.558. The molecular formula is C6H10N4. The van der Waals surface area contributed by atoms with E-state index in [1.807, 2.05) is 0 Å². The van der Waals surface area contributed by atoms with Crippen molar-refractivity contribution < 1.29 is 0 Å². The van der Waals surface area contributed by atoms with Crippen molar-refractivity contribution in [3.8, 4) is 0 Å². The molecule has 0 bridgehead atoms. The normalized spacial score (nSPS) is 9.30. The molecule has 0 atom stereocenters. The van der Waals surface area contributed by atoms with Gasteiger partial charge in [-0.15, -0.1) is 0 Å². The van der Waals surface area contributed by atoms with Gasteiger partial charge in [0.05, 0.1) is 11.4 Å². The molecule has 0 fully saturated rings. The van der Waals surface area contributed by atoms with Gasteiger partial charge < -0.3 is 16.9 Å². The van der Waals surface area contributed by atoms with E-state index < -0.39 is 0 Å². The molecule has 0 unspecified atom stereocenters. The molecule has 0 aliphatic rings. The molecule has 0 saturated heterocycles. The lowest BCUT2D eigenvalue weighted by Crippen LogP contribution is -2.09. The fourth-order valence-corrected chi connectivity index (χ4v) is 0.713. The van der Waals surface area contributed by atoms with Crippen molar-refractivity contribution in [2.75, 3.05) is 16.9 Å². The first-order valence-electron chi connectivity index (χ1n) is 2.85. The number of hydrazine groups is 1. The SMILES string of the molecule is NNc1ccc(N)cc1N. The molecule has 1 aromatic carbocycles. The highest BCUT2D eigenvalue weighted by Gasteiger charge is 1.94. The van der Waals surface area contributed by atoms with Crippen molar-refractivity contribution in [3.63, 3.8) is 0 Å². The summed E-state index contributed by atoms with van der Waals surface area (Å²) in [5.74, 6) is 5.13. The fraction of sp³-hybridized carbons (Fsp3) is 0. The zero-order chi connectivity index (χ0) is 7.56. The van der Waals surface area contributed by atoms with Gasteiger partial charge in [-0.05, 0) is 18.2 Å². The molecule has 0 aliphatic heterocycles. The highest BCUT2D eigenvalue weighted by molar-refractivity contribution is 5.69. The highest BCUT2D eigenvalue weighted by atomic mass is 15.2. The third-order valence-corrected chi connectivity index (χ3v) is 1.23. The molecule has 7 N–H and O–H groups in total. The van der Waals surface area contributed by atoms with Crippen LogP contribution >= 0.6 is 0 Å². The number of rotatable bonds is 1. The molecule has 4 heteroatoms. The van der Waals surface area contributed by atoms with Gasteiger partial charge in [0.1, 0.15) is 0 Å². The maximum Gasteiger partial charge on any atom is 0.0717 e. The fourth-order valence-electron chi connectivity index (χ4n) is 0.713. The van der Waals surface area contributed by atoms with Crippen LogP contribution in [0.15, 0.2) is 18.2 Å².